The second-order valence-electron chi connectivity index (χ2n) is 4.36. The molecule has 5 nitrogen and oxygen atoms in total. The van der Waals surface area contributed by atoms with Gasteiger partial charge in [0.2, 0.25) is 5.91 Å². The van der Waals surface area contributed by atoms with Crippen molar-refractivity contribution in [3.05, 3.63) is 0 Å². The number of nitrogens with zero attached hydrogens (tertiary/aromatic N) is 1. The molecule has 1 aliphatic heterocycles. The number of alkyl carbamates (subject to hydrolysis) is 1. The maximum Gasteiger partial charge on any atom is 0.406 e. The van der Waals surface area contributed by atoms with Gasteiger partial charge in [-0.05, 0) is 25.7 Å². The number of amides is 2. The highest BCUT2D eigenvalue weighted by Crippen LogP contribution is 2.14. The van der Waals surface area contributed by atoms with Gasteiger partial charge in [0.05, 0.1) is 13.0 Å². The maximum atomic E-state index is 12.2. The second kappa shape index (κ2) is 7.14. The summed E-state index contributed by atoms with van der Waals surface area (Å²) in [6.45, 7) is 4.03. The fourth-order valence-electron chi connectivity index (χ4n) is 2.06. The first kappa shape index (κ1) is 13.8. The first-order valence-electron chi connectivity index (χ1n) is 6.29. The highest BCUT2D eigenvalue weighted by atomic mass is 16.5. The van der Waals surface area contributed by atoms with Crippen molar-refractivity contribution in [2.75, 3.05) is 26.7 Å². The summed E-state index contributed by atoms with van der Waals surface area (Å²) in [5, 5.41) is 2.59. The molecule has 1 rings (SSSR count). The van der Waals surface area contributed by atoms with Crippen molar-refractivity contribution in [2.24, 2.45) is 5.92 Å². The molecule has 0 spiro atoms. The molecule has 98 valence electrons. The molecule has 17 heavy (non-hydrogen) atoms. The molecule has 1 fully saturated rings. The van der Waals surface area contributed by atoms with Crippen molar-refractivity contribution >= 4 is 12.0 Å². The minimum atomic E-state index is -0.477. The summed E-state index contributed by atoms with van der Waals surface area (Å²) < 4.78 is 4.50. The van der Waals surface area contributed by atoms with Gasteiger partial charge in [0, 0.05) is 19.6 Å². The Morgan fingerprint density at radius 3 is 2.47 bits per heavy atom. The van der Waals surface area contributed by atoms with E-state index < -0.39 is 6.09 Å². The Morgan fingerprint density at radius 2 is 1.94 bits per heavy atom. The topological polar surface area (TPSA) is 58.6 Å². The van der Waals surface area contributed by atoms with Crippen LogP contribution in [0.1, 0.15) is 32.6 Å². The zero-order chi connectivity index (χ0) is 12.7. The Hall–Kier alpha value is -1.26. The monoisotopic (exact) mass is 242 g/mol. The van der Waals surface area contributed by atoms with Gasteiger partial charge in [-0.1, -0.05) is 6.92 Å². The minimum Gasteiger partial charge on any atom is -0.453 e. The van der Waals surface area contributed by atoms with Gasteiger partial charge in [0.15, 0.2) is 0 Å². The lowest BCUT2D eigenvalue weighted by molar-refractivity contribution is -0.136. The molecule has 1 atom stereocenters. The number of carbonyl (C=O) groups is 2. The van der Waals surface area contributed by atoms with E-state index in [4.69, 9.17) is 0 Å². The van der Waals surface area contributed by atoms with Crippen LogP contribution in [-0.2, 0) is 9.53 Å². The van der Waals surface area contributed by atoms with Crippen molar-refractivity contribution in [3.63, 3.8) is 0 Å². The lowest BCUT2D eigenvalue weighted by Gasteiger charge is -2.30. The molecule has 5 heteroatoms. The quantitative estimate of drug-likeness (QED) is 0.810. The fraction of sp³-hybridized carbons (Fsp3) is 0.833. The number of carbonyl (C=O) groups excluding carboxylic acids is 2. The Kier molecular flexibility index (Phi) is 5.80. The van der Waals surface area contributed by atoms with Crippen LogP contribution in [0.5, 0.6) is 0 Å². The molecule has 0 aromatic rings. The summed E-state index contributed by atoms with van der Waals surface area (Å²) >= 11 is 0. The number of piperidine rings is 1. The Bertz CT molecular complexity index is 262. The van der Waals surface area contributed by atoms with Crippen LogP contribution in [0.4, 0.5) is 4.79 Å². The van der Waals surface area contributed by atoms with Crippen LogP contribution in [0.3, 0.4) is 0 Å². The number of ether oxygens (including phenoxy) is 1. The molecule has 1 unspecified atom stereocenters. The molecule has 0 aromatic heterocycles. The van der Waals surface area contributed by atoms with E-state index >= 15 is 0 Å². The molecular formula is C12H22N2O3. The minimum absolute atomic E-state index is 0.132. The van der Waals surface area contributed by atoms with E-state index in [0.717, 1.165) is 32.4 Å². The summed E-state index contributed by atoms with van der Waals surface area (Å²) in [7, 11) is 1.32. The first-order chi connectivity index (χ1) is 8.19. The predicted octanol–water partition coefficient (Wildman–Crippen LogP) is 1.38. The molecule has 0 aliphatic carbocycles. The summed E-state index contributed by atoms with van der Waals surface area (Å²) in [6.07, 6.45) is 3.65. The van der Waals surface area contributed by atoms with Crippen LogP contribution in [0.2, 0.25) is 0 Å². The third-order valence-electron chi connectivity index (χ3n) is 3.19. The third-order valence-corrected chi connectivity index (χ3v) is 3.19. The SMILES string of the molecule is CCC(CNC(=O)OC)C(=O)N1CCCCC1. The van der Waals surface area contributed by atoms with E-state index in [9.17, 15) is 9.59 Å². The Balaban J connectivity index is 2.42. The predicted molar refractivity (Wildman–Crippen MR) is 64.6 cm³/mol. The van der Waals surface area contributed by atoms with Gasteiger partial charge < -0.3 is 15.0 Å². The summed E-state index contributed by atoms with van der Waals surface area (Å²) in [6, 6.07) is 0. The number of hydrogen-bond donors (Lipinski definition) is 1. The number of rotatable bonds is 4. The zero-order valence-electron chi connectivity index (χ0n) is 10.7. The Labute approximate surface area is 102 Å². The van der Waals surface area contributed by atoms with Gasteiger partial charge in [-0.3, -0.25) is 4.79 Å². The molecule has 0 aromatic carbocycles. The van der Waals surface area contributed by atoms with E-state index in [0.29, 0.717) is 6.54 Å². The molecular weight excluding hydrogens is 220 g/mol. The Morgan fingerprint density at radius 1 is 1.29 bits per heavy atom. The molecule has 2 amide bonds. The molecule has 1 heterocycles. The molecule has 0 saturated carbocycles. The van der Waals surface area contributed by atoms with E-state index in [2.05, 4.69) is 10.1 Å². The number of hydrogen-bond acceptors (Lipinski definition) is 3. The van der Waals surface area contributed by atoms with Gasteiger partial charge in [0.25, 0.3) is 0 Å². The zero-order valence-corrected chi connectivity index (χ0v) is 10.7. The van der Waals surface area contributed by atoms with Gasteiger partial charge in [-0.15, -0.1) is 0 Å². The second-order valence-corrected chi connectivity index (χ2v) is 4.36. The van der Waals surface area contributed by atoms with Crippen LogP contribution < -0.4 is 5.32 Å². The average molecular weight is 242 g/mol. The van der Waals surface area contributed by atoms with Crippen molar-refractivity contribution in [1.29, 1.82) is 0 Å². The van der Waals surface area contributed by atoms with Crippen molar-refractivity contribution in [3.8, 4) is 0 Å². The van der Waals surface area contributed by atoms with Gasteiger partial charge >= 0.3 is 6.09 Å². The van der Waals surface area contributed by atoms with Crippen molar-refractivity contribution in [1.82, 2.24) is 10.2 Å². The highest BCUT2D eigenvalue weighted by molar-refractivity contribution is 5.79. The van der Waals surface area contributed by atoms with Crippen LogP contribution in [0, 0.1) is 5.92 Å². The smallest absolute Gasteiger partial charge is 0.406 e. The van der Waals surface area contributed by atoms with Crippen molar-refractivity contribution < 1.29 is 14.3 Å². The lowest BCUT2D eigenvalue weighted by atomic mass is 10.0. The molecule has 1 saturated heterocycles. The van der Waals surface area contributed by atoms with Crippen LogP contribution >= 0.6 is 0 Å². The van der Waals surface area contributed by atoms with Gasteiger partial charge in [-0.2, -0.15) is 0 Å². The number of likely N-dealkylation sites (tertiary alicyclic amines) is 1. The van der Waals surface area contributed by atoms with Crippen LogP contribution in [-0.4, -0.2) is 43.6 Å². The molecule has 0 bridgehead atoms. The molecule has 1 N–H and O–H groups in total. The maximum absolute atomic E-state index is 12.2. The van der Waals surface area contributed by atoms with E-state index in [1.54, 1.807) is 0 Å². The third kappa shape index (κ3) is 4.24. The van der Waals surface area contributed by atoms with E-state index in [-0.39, 0.29) is 11.8 Å². The standard InChI is InChI=1S/C12H22N2O3/c1-3-10(9-13-12(16)17-2)11(15)14-7-5-4-6-8-14/h10H,3-9H2,1-2H3,(H,13,16). The van der Waals surface area contributed by atoms with Crippen LogP contribution in [0.25, 0.3) is 0 Å². The van der Waals surface area contributed by atoms with E-state index in [1.165, 1.54) is 13.5 Å². The number of nitrogens with one attached hydrogen (secondary N) is 1. The molecule has 1 aliphatic rings. The van der Waals surface area contributed by atoms with Gasteiger partial charge in [-0.25, -0.2) is 4.79 Å². The summed E-state index contributed by atoms with van der Waals surface area (Å²) in [4.78, 5) is 25.1. The number of methoxy groups -OCH3 is 1. The highest BCUT2D eigenvalue weighted by Gasteiger charge is 2.24. The lowest BCUT2D eigenvalue weighted by Crippen LogP contribution is -2.43. The summed E-state index contributed by atoms with van der Waals surface area (Å²) in [5.41, 5.74) is 0. The fourth-order valence-corrected chi connectivity index (χ4v) is 2.06. The largest absolute Gasteiger partial charge is 0.453 e. The van der Waals surface area contributed by atoms with Gasteiger partial charge in [0.1, 0.15) is 0 Å². The van der Waals surface area contributed by atoms with Crippen molar-refractivity contribution in [2.45, 2.75) is 32.6 Å². The van der Waals surface area contributed by atoms with Crippen LogP contribution in [0.15, 0.2) is 0 Å². The normalized spacial score (nSPS) is 17.4. The first-order valence-corrected chi connectivity index (χ1v) is 6.29. The molecule has 0 radical (unpaired) electrons. The average Bonchev–Trinajstić information content (AvgIpc) is 2.39. The summed E-state index contributed by atoms with van der Waals surface area (Å²) in [5.74, 6) is 0.0239. The van der Waals surface area contributed by atoms with E-state index in [1.807, 2.05) is 11.8 Å².